The second kappa shape index (κ2) is 7.80. The molecule has 0 aromatic heterocycles. The third kappa shape index (κ3) is 4.45. The lowest BCUT2D eigenvalue weighted by Gasteiger charge is -2.19. The molecule has 0 unspecified atom stereocenters. The van der Waals surface area contributed by atoms with Gasteiger partial charge >= 0.3 is 0 Å². The number of methoxy groups -OCH3 is 1. The molecule has 0 aliphatic carbocycles. The van der Waals surface area contributed by atoms with Crippen molar-refractivity contribution in [2.24, 2.45) is 0 Å². The van der Waals surface area contributed by atoms with Crippen molar-refractivity contribution in [3.63, 3.8) is 0 Å². The average molecular weight is 311 g/mol. The Labute approximate surface area is 129 Å². The second-order valence-electron chi connectivity index (χ2n) is 5.50. The van der Waals surface area contributed by atoms with Gasteiger partial charge in [0.1, 0.15) is 11.5 Å². The van der Waals surface area contributed by atoms with Crippen LogP contribution < -0.4 is 14.8 Å². The first kappa shape index (κ1) is 16.3. The van der Waals surface area contributed by atoms with E-state index in [-0.39, 0.29) is 5.25 Å². The van der Waals surface area contributed by atoms with Crippen LogP contribution in [0.15, 0.2) is 18.2 Å². The van der Waals surface area contributed by atoms with Crippen molar-refractivity contribution in [2.75, 3.05) is 26.5 Å². The summed E-state index contributed by atoms with van der Waals surface area (Å²) in [4.78, 5) is 0. The molecule has 3 atom stereocenters. The summed E-state index contributed by atoms with van der Waals surface area (Å²) in [6, 6.07) is 6.31. The summed E-state index contributed by atoms with van der Waals surface area (Å²) in [5.74, 6) is 1.74. The van der Waals surface area contributed by atoms with Gasteiger partial charge in [0.25, 0.3) is 0 Å². The van der Waals surface area contributed by atoms with Crippen molar-refractivity contribution < 1.29 is 13.7 Å². The van der Waals surface area contributed by atoms with Crippen LogP contribution in [0.1, 0.15) is 37.8 Å². The lowest BCUT2D eigenvalue weighted by Crippen LogP contribution is -2.25. The van der Waals surface area contributed by atoms with Crippen LogP contribution >= 0.6 is 0 Å². The fraction of sp³-hybridized carbons (Fsp3) is 0.625. The molecule has 0 spiro atoms. The van der Waals surface area contributed by atoms with Gasteiger partial charge in [0.2, 0.25) is 0 Å². The molecule has 1 aromatic rings. The number of ether oxygens (including phenoxy) is 2. The summed E-state index contributed by atoms with van der Waals surface area (Å²) in [7, 11) is 0.916. The predicted octanol–water partition coefficient (Wildman–Crippen LogP) is 2.66. The van der Waals surface area contributed by atoms with Crippen LogP contribution in [0.5, 0.6) is 11.5 Å². The maximum Gasteiger partial charge on any atom is 0.127 e. The van der Waals surface area contributed by atoms with E-state index in [0.717, 1.165) is 43.9 Å². The van der Waals surface area contributed by atoms with Crippen molar-refractivity contribution in [1.29, 1.82) is 0 Å². The van der Waals surface area contributed by atoms with Gasteiger partial charge in [-0.3, -0.25) is 4.21 Å². The summed E-state index contributed by atoms with van der Waals surface area (Å²) in [6.07, 6.45) is 4.78. The summed E-state index contributed by atoms with van der Waals surface area (Å²) in [5, 5.41) is 3.82. The van der Waals surface area contributed by atoms with Crippen molar-refractivity contribution >= 4 is 10.8 Å². The molecule has 0 bridgehead atoms. The molecule has 0 saturated heterocycles. The number of rotatable bonds is 6. The fourth-order valence-corrected chi connectivity index (χ4v) is 2.97. The molecule has 4 nitrogen and oxygen atoms in total. The summed E-state index contributed by atoms with van der Waals surface area (Å²) < 4.78 is 22.5. The highest BCUT2D eigenvalue weighted by Crippen LogP contribution is 2.34. The van der Waals surface area contributed by atoms with Crippen LogP contribution in [0.25, 0.3) is 0 Å². The topological polar surface area (TPSA) is 47.6 Å². The first-order valence-electron chi connectivity index (χ1n) is 7.48. The molecule has 2 rings (SSSR count). The third-order valence-electron chi connectivity index (χ3n) is 4.00. The van der Waals surface area contributed by atoms with E-state index >= 15 is 0 Å². The molecule has 1 aliphatic heterocycles. The highest BCUT2D eigenvalue weighted by Gasteiger charge is 2.20. The standard InChI is InChI=1S/C16H25NO3S/c1-12(21(3)18)8-9-17-15-5-4-10-20-16-11-13(19-2)6-7-14(15)16/h6-7,11-12,15,17H,4-5,8-10H2,1-3H3/t12-,15+,21+/m1/s1. The number of hydrogen-bond acceptors (Lipinski definition) is 4. The van der Waals surface area contributed by atoms with Crippen molar-refractivity contribution in [2.45, 2.75) is 37.5 Å². The van der Waals surface area contributed by atoms with E-state index in [1.54, 1.807) is 13.4 Å². The first-order chi connectivity index (χ1) is 10.1. The lowest BCUT2D eigenvalue weighted by molar-refractivity contribution is 0.313. The zero-order valence-electron chi connectivity index (χ0n) is 13.1. The van der Waals surface area contributed by atoms with Crippen LogP contribution in [-0.2, 0) is 10.8 Å². The largest absolute Gasteiger partial charge is 0.497 e. The van der Waals surface area contributed by atoms with Gasteiger partial charge in [-0.1, -0.05) is 13.0 Å². The monoisotopic (exact) mass is 311 g/mol. The van der Waals surface area contributed by atoms with Gasteiger partial charge in [-0.2, -0.15) is 0 Å². The first-order valence-corrected chi connectivity index (χ1v) is 9.10. The molecule has 5 heteroatoms. The molecule has 118 valence electrons. The highest BCUT2D eigenvalue weighted by atomic mass is 32.2. The Morgan fingerprint density at radius 3 is 3.05 bits per heavy atom. The lowest BCUT2D eigenvalue weighted by atomic mass is 10.0. The number of nitrogens with one attached hydrogen (secondary N) is 1. The molecule has 1 N–H and O–H groups in total. The molecule has 1 heterocycles. The molecular weight excluding hydrogens is 286 g/mol. The van der Waals surface area contributed by atoms with Gasteiger partial charge in [0.05, 0.1) is 13.7 Å². The van der Waals surface area contributed by atoms with E-state index in [9.17, 15) is 4.21 Å². The van der Waals surface area contributed by atoms with Crippen LogP contribution in [0, 0.1) is 0 Å². The average Bonchev–Trinajstić information content (AvgIpc) is 2.68. The highest BCUT2D eigenvalue weighted by molar-refractivity contribution is 7.84. The van der Waals surface area contributed by atoms with E-state index in [2.05, 4.69) is 11.4 Å². The van der Waals surface area contributed by atoms with E-state index in [0.29, 0.717) is 6.04 Å². The van der Waals surface area contributed by atoms with E-state index in [1.807, 2.05) is 19.1 Å². The predicted molar refractivity (Wildman–Crippen MR) is 86.6 cm³/mol. The number of fused-ring (bicyclic) bond motifs is 1. The zero-order chi connectivity index (χ0) is 15.2. The van der Waals surface area contributed by atoms with Crippen molar-refractivity contribution in [3.8, 4) is 11.5 Å². The zero-order valence-corrected chi connectivity index (χ0v) is 13.9. The maximum atomic E-state index is 11.4. The van der Waals surface area contributed by atoms with Crippen LogP contribution in [-0.4, -0.2) is 36.0 Å². The Hall–Kier alpha value is -1.07. The van der Waals surface area contributed by atoms with E-state index < -0.39 is 10.8 Å². The van der Waals surface area contributed by atoms with Crippen LogP contribution in [0.2, 0.25) is 0 Å². The van der Waals surface area contributed by atoms with Gasteiger partial charge in [-0.15, -0.1) is 0 Å². The Bertz CT molecular complexity index is 492. The summed E-state index contributed by atoms with van der Waals surface area (Å²) in [6.45, 7) is 3.65. The summed E-state index contributed by atoms with van der Waals surface area (Å²) in [5.41, 5.74) is 1.19. The molecule has 0 amide bonds. The minimum absolute atomic E-state index is 0.231. The molecule has 0 radical (unpaired) electrons. The van der Waals surface area contributed by atoms with Gasteiger partial charge < -0.3 is 14.8 Å². The maximum absolute atomic E-state index is 11.4. The second-order valence-corrected chi connectivity index (χ2v) is 7.30. The molecule has 21 heavy (non-hydrogen) atoms. The van der Waals surface area contributed by atoms with Crippen molar-refractivity contribution in [1.82, 2.24) is 5.32 Å². The van der Waals surface area contributed by atoms with Crippen LogP contribution in [0.4, 0.5) is 0 Å². The Balaban J connectivity index is 2.02. The molecule has 1 aromatic carbocycles. The Morgan fingerprint density at radius 2 is 2.33 bits per heavy atom. The molecular formula is C16H25NO3S. The SMILES string of the molecule is COc1ccc2c(c1)OCCC[C@@H]2NCC[C@@H](C)[S@](C)=O. The number of hydrogen-bond donors (Lipinski definition) is 1. The minimum atomic E-state index is -0.751. The summed E-state index contributed by atoms with van der Waals surface area (Å²) >= 11 is 0. The molecule has 1 aliphatic rings. The van der Waals surface area contributed by atoms with Crippen LogP contribution in [0.3, 0.4) is 0 Å². The smallest absolute Gasteiger partial charge is 0.127 e. The van der Waals surface area contributed by atoms with Gasteiger partial charge in [0.15, 0.2) is 0 Å². The quantitative estimate of drug-likeness (QED) is 0.877. The Kier molecular flexibility index (Phi) is 6.06. The number of benzene rings is 1. The van der Waals surface area contributed by atoms with Gasteiger partial charge in [-0.25, -0.2) is 0 Å². The molecule has 0 fully saturated rings. The van der Waals surface area contributed by atoms with Gasteiger partial charge in [0, 0.05) is 40.0 Å². The molecule has 0 saturated carbocycles. The van der Waals surface area contributed by atoms with E-state index in [1.165, 1.54) is 5.56 Å². The Morgan fingerprint density at radius 1 is 1.52 bits per heavy atom. The fourth-order valence-electron chi connectivity index (χ4n) is 2.52. The minimum Gasteiger partial charge on any atom is -0.497 e. The normalized spacial score (nSPS) is 20.8. The van der Waals surface area contributed by atoms with Crippen molar-refractivity contribution in [3.05, 3.63) is 23.8 Å². The van der Waals surface area contributed by atoms with Gasteiger partial charge in [-0.05, 0) is 31.9 Å². The third-order valence-corrected chi connectivity index (χ3v) is 5.37. The van der Waals surface area contributed by atoms with E-state index in [4.69, 9.17) is 9.47 Å².